The van der Waals surface area contributed by atoms with E-state index in [9.17, 15) is 0 Å². The maximum absolute atomic E-state index is 4.77. The smallest absolute Gasteiger partial charge is 0.0963 e. The van der Waals surface area contributed by atoms with Gasteiger partial charge in [-0.05, 0) is 181 Å². The Labute approximate surface area is 556 Å². The van der Waals surface area contributed by atoms with Crippen LogP contribution < -0.4 is 0 Å². The summed E-state index contributed by atoms with van der Waals surface area (Å²) in [6.07, 6.45) is 10.5. The molecule has 10 aromatic carbocycles. The van der Waals surface area contributed by atoms with Crippen LogP contribution in [0.2, 0.25) is 0 Å². The molecular formula is C87H69N9. The average Bonchev–Trinajstić information content (AvgIpc) is 1.58. The number of pyridine rings is 4. The molecule has 0 aliphatic rings. The van der Waals surface area contributed by atoms with Crippen molar-refractivity contribution in [1.29, 1.82) is 0 Å². The number of para-hydroxylation sites is 5. The molecular weight excluding hydrogens is 1170 g/mol. The number of hydrogen-bond donors (Lipinski definition) is 0. The predicted octanol–water partition coefficient (Wildman–Crippen LogP) is 22.1. The summed E-state index contributed by atoms with van der Waals surface area (Å²) in [5, 5.41) is 7.06. The SMILES string of the molecule is CC.CCC.c1ccc(-n2c3ccc(-n4c5ccccc5c5ncccc54)cc3c3cc(-n4c5ccccc5c5ncccc54)ccc32)cc1.c1ccc2c(c1)c1ncccc1n2-c1ccc(Cc2ccc(Cc3ccc(-n4c5ccccc5c5ncccc54)cc3)cc2)cc1. The van der Waals surface area contributed by atoms with Crippen LogP contribution in [0, 0.1) is 0 Å². The first kappa shape index (κ1) is 58.9. The molecule has 0 spiro atoms. The van der Waals surface area contributed by atoms with Crippen molar-refractivity contribution in [3.8, 4) is 28.4 Å². The van der Waals surface area contributed by atoms with Crippen molar-refractivity contribution in [2.75, 3.05) is 0 Å². The van der Waals surface area contributed by atoms with Crippen molar-refractivity contribution >= 4 is 110 Å². The van der Waals surface area contributed by atoms with Crippen LogP contribution in [0.15, 0.2) is 310 Å². The first-order valence-corrected chi connectivity index (χ1v) is 33.3. The molecule has 0 saturated carbocycles. The Morgan fingerprint density at radius 3 is 0.771 bits per heavy atom. The summed E-state index contributed by atoms with van der Waals surface area (Å²) >= 11 is 0. The summed E-state index contributed by atoms with van der Waals surface area (Å²) < 4.78 is 11.7. The van der Waals surface area contributed by atoms with Gasteiger partial charge in [0.25, 0.3) is 0 Å². The minimum absolute atomic E-state index is 0.900. The number of hydrogen-bond acceptors (Lipinski definition) is 4. The molecule has 0 N–H and O–H groups in total. The van der Waals surface area contributed by atoms with Gasteiger partial charge in [-0.25, -0.2) is 0 Å². The lowest BCUT2D eigenvalue weighted by molar-refractivity contribution is 1.09. The third kappa shape index (κ3) is 10.3. The molecule has 9 heteroatoms. The number of aromatic nitrogens is 9. The Kier molecular flexibility index (Phi) is 15.5. The number of fused-ring (bicyclic) bond motifs is 15. The fourth-order valence-electron chi connectivity index (χ4n) is 14.2. The van der Waals surface area contributed by atoms with Crippen molar-refractivity contribution < 1.29 is 0 Å². The molecule has 0 aliphatic carbocycles. The molecule has 0 fully saturated rings. The van der Waals surface area contributed by atoms with Gasteiger partial charge in [0.1, 0.15) is 0 Å². The molecule has 0 saturated heterocycles. The first-order valence-electron chi connectivity index (χ1n) is 33.3. The van der Waals surface area contributed by atoms with E-state index in [1.807, 2.05) is 62.9 Å². The van der Waals surface area contributed by atoms with E-state index in [1.54, 1.807) is 0 Å². The van der Waals surface area contributed by atoms with Gasteiger partial charge in [0.15, 0.2) is 0 Å². The van der Waals surface area contributed by atoms with Crippen molar-refractivity contribution in [1.82, 2.24) is 42.8 Å². The molecule has 0 amide bonds. The molecule has 0 atom stereocenters. The van der Waals surface area contributed by atoms with E-state index >= 15 is 0 Å². The standard InChI is InChI=1S/C42H30N4.C40H25N5.C3H8.C2H6/c1-3-9-37-35(7-1)41-39(11-5-25-43-41)45(37)33-21-17-31(18-22-33)27-29-13-15-30(16-14-29)28-32-19-23-34(24-20-32)46-38-10-4-2-8-36(38)42-40(46)12-6-26-44-42;1-2-10-26(11-3-1)43-35-20-18-27(44-33-14-6-4-12-29(33)39-37(44)16-8-22-41-39)24-31(35)32-25-28(19-21-36(32)43)45-34-15-7-5-13-30(34)40-38(45)17-9-23-42-40;1-3-2;1-2/h1-26H,27-28H2;1-25H;3H2,1-2H3;1-2H3. The Bertz CT molecular complexity index is 5460. The fourth-order valence-corrected chi connectivity index (χ4v) is 14.2. The minimum atomic E-state index is 0.900. The zero-order valence-corrected chi connectivity index (χ0v) is 54.1. The van der Waals surface area contributed by atoms with Gasteiger partial charge in [0, 0.05) is 85.5 Å². The molecule has 0 bridgehead atoms. The van der Waals surface area contributed by atoms with E-state index in [0.29, 0.717) is 0 Å². The van der Waals surface area contributed by atoms with Gasteiger partial charge in [0.2, 0.25) is 0 Å². The van der Waals surface area contributed by atoms with Gasteiger partial charge in [-0.1, -0.05) is 174 Å². The average molecular weight is 1240 g/mol. The topological polar surface area (TPSA) is 76.2 Å². The summed E-state index contributed by atoms with van der Waals surface area (Å²) in [7, 11) is 0. The fraction of sp³-hybridized carbons (Fsp3) is 0.0805. The van der Waals surface area contributed by atoms with Crippen molar-refractivity contribution in [2.24, 2.45) is 0 Å². The van der Waals surface area contributed by atoms with E-state index in [4.69, 9.17) is 9.97 Å². The van der Waals surface area contributed by atoms with E-state index in [0.717, 1.165) is 107 Å². The minimum Gasteiger partial charge on any atom is -0.309 e. The summed E-state index contributed by atoms with van der Waals surface area (Å²) in [6, 6.07) is 102. The Balaban J connectivity index is 0.000000142. The van der Waals surface area contributed by atoms with Gasteiger partial charge >= 0.3 is 0 Å². The molecule has 0 radical (unpaired) electrons. The summed E-state index contributed by atoms with van der Waals surface area (Å²) in [5.74, 6) is 0. The third-order valence-corrected chi connectivity index (χ3v) is 18.2. The largest absolute Gasteiger partial charge is 0.309 e. The second-order valence-electron chi connectivity index (χ2n) is 24.2. The number of benzene rings is 10. The molecule has 96 heavy (non-hydrogen) atoms. The van der Waals surface area contributed by atoms with Gasteiger partial charge in [0.05, 0.1) is 77.2 Å². The third-order valence-electron chi connectivity index (χ3n) is 18.2. The quantitative estimate of drug-likeness (QED) is 0.144. The van der Waals surface area contributed by atoms with E-state index in [2.05, 4.69) is 308 Å². The van der Waals surface area contributed by atoms with Gasteiger partial charge in [-0.15, -0.1) is 0 Å². The van der Waals surface area contributed by atoms with E-state index in [-0.39, 0.29) is 0 Å². The zero-order valence-electron chi connectivity index (χ0n) is 54.1. The van der Waals surface area contributed by atoms with Crippen LogP contribution in [0.3, 0.4) is 0 Å². The van der Waals surface area contributed by atoms with Crippen LogP contribution >= 0.6 is 0 Å². The van der Waals surface area contributed by atoms with Gasteiger partial charge < -0.3 is 22.8 Å². The van der Waals surface area contributed by atoms with Crippen LogP contribution in [0.25, 0.3) is 138 Å². The second-order valence-corrected chi connectivity index (χ2v) is 24.2. The highest BCUT2D eigenvalue weighted by Gasteiger charge is 2.21. The van der Waals surface area contributed by atoms with Crippen LogP contribution in [-0.2, 0) is 12.8 Å². The monoisotopic (exact) mass is 1240 g/mol. The molecule has 0 aliphatic heterocycles. The summed E-state index contributed by atoms with van der Waals surface area (Å²) in [5.41, 5.74) is 26.4. The maximum atomic E-state index is 4.77. The number of rotatable bonds is 9. The van der Waals surface area contributed by atoms with Crippen molar-refractivity contribution in [3.63, 3.8) is 0 Å². The lowest BCUT2D eigenvalue weighted by Crippen LogP contribution is -1.96. The molecule has 19 rings (SSSR count). The maximum Gasteiger partial charge on any atom is 0.0963 e. The summed E-state index contributed by atoms with van der Waals surface area (Å²) in [4.78, 5) is 18.9. The lowest BCUT2D eigenvalue weighted by atomic mass is 10.00. The van der Waals surface area contributed by atoms with Crippen LogP contribution in [0.4, 0.5) is 0 Å². The molecule has 9 heterocycles. The predicted molar refractivity (Wildman–Crippen MR) is 402 cm³/mol. The molecule has 0 unspecified atom stereocenters. The zero-order chi connectivity index (χ0) is 64.6. The Morgan fingerprint density at radius 1 is 0.219 bits per heavy atom. The van der Waals surface area contributed by atoms with Gasteiger partial charge in [-0.2, -0.15) is 0 Å². The number of nitrogens with zero attached hydrogens (tertiary/aromatic N) is 9. The van der Waals surface area contributed by atoms with Gasteiger partial charge in [-0.3, -0.25) is 19.9 Å². The van der Waals surface area contributed by atoms with Crippen molar-refractivity contribution in [3.05, 3.63) is 332 Å². The van der Waals surface area contributed by atoms with Crippen LogP contribution in [0.5, 0.6) is 0 Å². The molecule has 9 nitrogen and oxygen atoms in total. The van der Waals surface area contributed by atoms with E-state index in [1.165, 1.54) is 72.3 Å². The second kappa shape index (κ2) is 25.4. The molecule has 462 valence electrons. The van der Waals surface area contributed by atoms with Crippen LogP contribution in [0.1, 0.15) is 56.4 Å². The van der Waals surface area contributed by atoms with Crippen molar-refractivity contribution in [2.45, 2.75) is 47.0 Å². The molecule has 19 aromatic rings. The highest BCUT2D eigenvalue weighted by molar-refractivity contribution is 6.14. The first-order chi connectivity index (χ1) is 47.6. The van der Waals surface area contributed by atoms with Crippen LogP contribution in [-0.4, -0.2) is 42.8 Å². The molecule has 9 aromatic heterocycles. The normalized spacial score (nSPS) is 11.5. The highest BCUT2D eigenvalue weighted by Crippen LogP contribution is 2.40. The Morgan fingerprint density at radius 2 is 0.448 bits per heavy atom. The summed E-state index contributed by atoms with van der Waals surface area (Å²) in [6.45, 7) is 8.25. The Hall–Kier alpha value is -12.2. The highest BCUT2D eigenvalue weighted by atomic mass is 15.0. The van der Waals surface area contributed by atoms with E-state index < -0.39 is 0 Å². The lowest BCUT2D eigenvalue weighted by Gasteiger charge is -2.10.